The van der Waals surface area contributed by atoms with Crippen molar-refractivity contribution in [1.29, 1.82) is 0 Å². The zero-order valence-electron chi connectivity index (χ0n) is 12.8. The fourth-order valence-electron chi connectivity index (χ4n) is 6.83. The molecule has 19 heavy (non-hydrogen) atoms. The molecule has 0 aliphatic heterocycles. The lowest BCUT2D eigenvalue weighted by molar-refractivity contribution is -0.0870. The van der Waals surface area contributed by atoms with E-state index in [2.05, 4.69) is 26.0 Å². The standard InChI is InChI=1S/C19H30/c1-18-11-5-7-16(18)15-9-8-14-6-3-4-12-19(14,2)17(15)10-13-18/h3-4,14-17H,5-13H2,1-2H3/t14-,15+,16-,17-,18-,19+/m1/s1. The zero-order valence-corrected chi connectivity index (χ0v) is 12.8. The highest BCUT2D eigenvalue weighted by Crippen LogP contribution is 2.65. The quantitative estimate of drug-likeness (QED) is 0.497. The molecule has 0 aromatic rings. The van der Waals surface area contributed by atoms with Gasteiger partial charge in [-0.3, -0.25) is 0 Å². The van der Waals surface area contributed by atoms with Crippen LogP contribution in [0, 0.1) is 34.5 Å². The van der Waals surface area contributed by atoms with Crippen LogP contribution in [0.15, 0.2) is 12.2 Å². The molecule has 6 atom stereocenters. The van der Waals surface area contributed by atoms with E-state index in [1.807, 2.05) is 0 Å². The summed E-state index contributed by atoms with van der Waals surface area (Å²) in [5, 5.41) is 0. The van der Waals surface area contributed by atoms with Gasteiger partial charge in [0.25, 0.3) is 0 Å². The number of fused-ring (bicyclic) bond motifs is 5. The van der Waals surface area contributed by atoms with Gasteiger partial charge in [0, 0.05) is 0 Å². The maximum atomic E-state index is 2.65. The second-order valence-electron chi connectivity index (χ2n) is 8.65. The van der Waals surface area contributed by atoms with Gasteiger partial charge in [-0.05, 0) is 85.9 Å². The Hall–Kier alpha value is -0.260. The topological polar surface area (TPSA) is 0 Å². The molecule has 3 saturated carbocycles. The Morgan fingerprint density at radius 1 is 0.895 bits per heavy atom. The largest absolute Gasteiger partial charge is 0.0882 e. The maximum absolute atomic E-state index is 2.65. The second-order valence-corrected chi connectivity index (χ2v) is 8.65. The average molecular weight is 258 g/mol. The van der Waals surface area contributed by atoms with Crippen LogP contribution in [-0.4, -0.2) is 0 Å². The molecule has 0 aromatic heterocycles. The van der Waals surface area contributed by atoms with Crippen molar-refractivity contribution < 1.29 is 0 Å². The van der Waals surface area contributed by atoms with Gasteiger partial charge >= 0.3 is 0 Å². The first-order chi connectivity index (χ1) is 9.13. The first-order valence-corrected chi connectivity index (χ1v) is 8.78. The van der Waals surface area contributed by atoms with Crippen molar-refractivity contribution in [2.75, 3.05) is 0 Å². The van der Waals surface area contributed by atoms with Crippen molar-refractivity contribution in [3.63, 3.8) is 0 Å². The third-order valence-electron chi connectivity index (χ3n) is 7.99. The predicted octanol–water partition coefficient (Wildman–Crippen LogP) is 5.59. The van der Waals surface area contributed by atoms with Gasteiger partial charge in [0.2, 0.25) is 0 Å². The summed E-state index contributed by atoms with van der Waals surface area (Å²) in [5.74, 6) is 4.21. The van der Waals surface area contributed by atoms with Gasteiger partial charge in [0.1, 0.15) is 0 Å². The summed E-state index contributed by atoms with van der Waals surface area (Å²) in [5.41, 5.74) is 1.39. The third kappa shape index (κ3) is 1.64. The van der Waals surface area contributed by atoms with Gasteiger partial charge in [0.05, 0.1) is 0 Å². The Morgan fingerprint density at radius 3 is 2.68 bits per heavy atom. The summed E-state index contributed by atoms with van der Waals surface area (Å²) in [7, 11) is 0. The highest BCUT2D eigenvalue weighted by molar-refractivity contribution is 5.10. The highest BCUT2D eigenvalue weighted by Gasteiger charge is 2.56. The van der Waals surface area contributed by atoms with Crippen molar-refractivity contribution in [1.82, 2.24) is 0 Å². The maximum Gasteiger partial charge on any atom is -0.0229 e. The minimum absolute atomic E-state index is 0.654. The Balaban J connectivity index is 1.67. The van der Waals surface area contributed by atoms with E-state index in [1.54, 1.807) is 19.3 Å². The average Bonchev–Trinajstić information content (AvgIpc) is 2.79. The second kappa shape index (κ2) is 4.12. The summed E-state index contributed by atoms with van der Waals surface area (Å²) in [4.78, 5) is 0. The molecule has 0 saturated heterocycles. The summed E-state index contributed by atoms with van der Waals surface area (Å²) in [6.45, 7) is 5.27. The van der Waals surface area contributed by atoms with Crippen LogP contribution in [0.1, 0.15) is 71.6 Å². The molecular formula is C19H30. The monoisotopic (exact) mass is 258 g/mol. The van der Waals surface area contributed by atoms with E-state index in [0.29, 0.717) is 5.41 Å². The van der Waals surface area contributed by atoms with Gasteiger partial charge < -0.3 is 0 Å². The fraction of sp³-hybridized carbons (Fsp3) is 0.895. The van der Waals surface area contributed by atoms with Crippen LogP contribution >= 0.6 is 0 Å². The molecule has 0 N–H and O–H groups in total. The lowest BCUT2D eigenvalue weighted by Gasteiger charge is -2.59. The lowest BCUT2D eigenvalue weighted by Crippen LogP contribution is -2.51. The minimum atomic E-state index is 0.654. The molecule has 4 aliphatic rings. The Labute approximate surface area is 119 Å². The summed E-state index contributed by atoms with van der Waals surface area (Å²) < 4.78 is 0. The predicted molar refractivity (Wildman–Crippen MR) is 80.9 cm³/mol. The van der Waals surface area contributed by atoms with Crippen LogP contribution < -0.4 is 0 Å². The van der Waals surface area contributed by atoms with Crippen LogP contribution in [0.5, 0.6) is 0 Å². The molecule has 0 radical (unpaired) electrons. The van der Waals surface area contributed by atoms with E-state index < -0.39 is 0 Å². The van der Waals surface area contributed by atoms with Crippen LogP contribution in [-0.2, 0) is 0 Å². The SMILES string of the molecule is C[C@]12CCC[C@@H]1[C@@H]1CC[C@H]3CC=CC[C@]3(C)[C@@H]1CC2. The molecule has 3 fully saturated rings. The van der Waals surface area contributed by atoms with Gasteiger partial charge in [-0.2, -0.15) is 0 Å². The molecule has 0 bridgehead atoms. The normalized spacial score (nSPS) is 56.3. The van der Waals surface area contributed by atoms with Crippen LogP contribution in [0.2, 0.25) is 0 Å². The highest BCUT2D eigenvalue weighted by atomic mass is 14.6. The number of allylic oxidation sites excluding steroid dienone is 2. The molecule has 4 rings (SSSR count). The molecule has 106 valence electrons. The van der Waals surface area contributed by atoms with Gasteiger partial charge in [-0.25, -0.2) is 0 Å². The Kier molecular flexibility index (Phi) is 2.71. The first kappa shape index (κ1) is 12.5. The van der Waals surface area contributed by atoms with Gasteiger partial charge in [-0.1, -0.05) is 32.4 Å². The summed E-state index contributed by atoms with van der Waals surface area (Å²) in [6, 6.07) is 0. The van der Waals surface area contributed by atoms with E-state index in [0.717, 1.165) is 29.1 Å². The van der Waals surface area contributed by atoms with Gasteiger partial charge in [0.15, 0.2) is 0 Å². The molecule has 0 spiro atoms. The van der Waals surface area contributed by atoms with Crippen LogP contribution in [0.25, 0.3) is 0 Å². The van der Waals surface area contributed by atoms with E-state index >= 15 is 0 Å². The zero-order chi connectivity index (χ0) is 13.1. The third-order valence-corrected chi connectivity index (χ3v) is 7.99. The molecule has 0 aromatic carbocycles. The molecule has 0 nitrogen and oxygen atoms in total. The molecule has 0 heterocycles. The number of rotatable bonds is 0. The van der Waals surface area contributed by atoms with Crippen molar-refractivity contribution in [3.05, 3.63) is 12.2 Å². The Morgan fingerprint density at radius 2 is 1.79 bits per heavy atom. The van der Waals surface area contributed by atoms with Gasteiger partial charge in [-0.15, -0.1) is 0 Å². The number of hydrogen-bond acceptors (Lipinski definition) is 0. The first-order valence-electron chi connectivity index (χ1n) is 8.78. The van der Waals surface area contributed by atoms with Crippen molar-refractivity contribution in [3.8, 4) is 0 Å². The smallest absolute Gasteiger partial charge is 0.0229 e. The minimum Gasteiger partial charge on any atom is -0.0882 e. The van der Waals surface area contributed by atoms with Crippen molar-refractivity contribution >= 4 is 0 Å². The molecular weight excluding hydrogens is 228 g/mol. The van der Waals surface area contributed by atoms with Crippen LogP contribution in [0.3, 0.4) is 0 Å². The van der Waals surface area contributed by atoms with E-state index in [9.17, 15) is 0 Å². The van der Waals surface area contributed by atoms with Crippen molar-refractivity contribution in [2.24, 2.45) is 34.5 Å². The summed E-state index contributed by atoms with van der Waals surface area (Å²) >= 11 is 0. The van der Waals surface area contributed by atoms with E-state index in [4.69, 9.17) is 0 Å². The summed E-state index contributed by atoms with van der Waals surface area (Å²) in [6.07, 6.45) is 18.5. The fourth-order valence-corrected chi connectivity index (χ4v) is 6.83. The lowest BCUT2D eigenvalue weighted by atomic mass is 9.46. The number of hydrogen-bond donors (Lipinski definition) is 0. The van der Waals surface area contributed by atoms with E-state index in [1.165, 1.54) is 38.5 Å². The molecule has 4 aliphatic carbocycles. The van der Waals surface area contributed by atoms with Crippen molar-refractivity contribution in [2.45, 2.75) is 71.6 Å². The molecule has 0 unspecified atom stereocenters. The van der Waals surface area contributed by atoms with Crippen LogP contribution in [0.4, 0.5) is 0 Å². The van der Waals surface area contributed by atoms with E-state index in [-0.39, 0.29) is 0 Å². The molecule has 0 heteroatoms. The Bertz CT molecular complexity index is 395. The molecule has 0 amide bonds.